The Morgan fingerprint density at radius 3 is 3.00 bits per heavy atom. The molecule has 0 aliphatic carbocycles. The minimum absolute atomic E-state index is 0.0435. The number of aromatic carboxylic acids is 1. The zero-order valence-electron chi connectivity index (χ0n) is 7.82. The zero-order chi connectivity index (χ0) is 11.5. The Labute approximate surface area is 98.5 Å². The monoisotopic (exact) mass is 254 g/mol. The molecule has 82 valence electrons. The van der Waals surface area contributed by atoms with Crippen molar-refractivity contribution in [3.05, 3.63) is 23.3 Å². The van der Waals surface area contributed by atoms with Gasteiger partial charge in [-0.05, 0) is 17.8 Å². The largest absolute Gasteiger partial charge is 0.478 e. The van der Waals surface area contributed by atoms with Gasteiger partial charge in [0.2, 0.25) is 0 Å². The molecule has 2 heterocycles. The number of pyridine rings is 1. The summed E-state index contributed by atoms with van der Waals surface area (Å²) in [5.74, 6) is -1.07. The summed E-state index contributed by atoms with van der Waals surface area (Å²) < 4.78 is 0.702. The first-order valence-electron chi connectivity index (χ1n) is 4.09. The second-order valence-electron chi connectivity index (χ2n) is 2.72. The van der Waals surface area contributed by atoms with Crippen LogP contribution in [0.5, 0.6) is 0 Å². The number of nitrogen functional groups attached to an aromatic ring is 1. The minimum atomic E-state index is -1.07. The summed E-state index contributed by atoms with van der Waals surface area (Å²) in [5.41, 5.74) is 7.27. The number of nitrogens with two attached hydrogens (primary N) is 1. The third-order valence-corrected chi connectivity index (χ3v) is 3.38. The van der Waals surface area contributed by atoms with Crippen molar-refractivity contribution in [2.75, 3.05) is 5.73 Å². The molecule has 0 bridgehead atoms. The highest BCUT2D eigenvalue weighted by molar-refractivity contribution is 8.00. The van der Waals surface area contributed by atoms with Crippen LogP contribution in [0.2, 0.25) is 0 Å². The fourth-order valence-electron chi connectivity index (χ4n) is 0.985. The van der Waals surface area contributed by atoms with Crippen molar-refractivity contribution >= 4 is 34.8 Å². The molecule has 0 aromatic carbocycles. The lowest BCUT2D eigenvalue weighted by atomic mass is 10.2. The van der Waals surface area contributed by atoms with Gasteiger partial charge in [0.15, 0.2) is 4.34 Å². The summed E-state index contributed by atoms with van der Waals surface area (Å²) in [4.78, 5) is 14.8. The topological polar surface area (TPSA) is 102 Å². The van der Waals surface area contributed by atoms with Crippen molar-refractivity contribution in [1.29, 1.82) is 0 Å². The molecule has 0 aliphatic rings. The molecular formula is C8H6N4O2S2. The van der Waals surface area contributed by atoms with Gasteiger partial charge in [-0.2, -0.15) is 0 Å². The molecule has 8 heteroatoms. The van der Waals surface area contributed by atoms with Gasteiger partial charge in [0.1, 0.15) is 10.5 Å². The quantitative estimate of drug-likeness (QED) is 0.852. The maximum Gasteiger partial charge on any atom is 0.337 e. The van der Waals surface area contributed by atoms with Gasteiger partial charge in [-0.1, -0.05) is 11.3 Å². The number of anilines is 1. The summed E-state index contributed by atoms with van der Waals surface area (Å²) in [5, 5.41) is 16.9. The number of aromatic nitrogens is 3. The SMILES string of the molecule is Nc1cnc(Sc2nncs2)cc1C(=O)O. The molecule has 0 saturated heterocycles. The normalized spacial score (nSPS) is 10.2. The van der Waals surface area contributed by atoms with Gasteiger partial charge in [0.05, 0.1) is 17.4 Å². The molecule has 6 nitrogen and oxygen atoms in total. The van der Waals surface area contributed by atoms with Gasteiger partial charge in [-0.15, -0.1) is 10.2 Å². The summed E-state index contributed by atoms with van der Waals surface area (Å²) in [6, 6.07) is 1.42. The van der Waals surface area contributed by atoms with Crippen LogP contribution in [0, 0.1) is 0 Å². The van der Waals surface area contributed by atoms with E-state index in [2.05, 4.69) is 15.2 Å². The molecule has 0 unspecified atom stereocenters. The van der Waals surface area contributed by atoms with Crippen LogP contribution in [0.1, 0.15) is 10.4 Å². The van der Waals surface area contributed by atoms with E-state index in [-0.39, 0.29) is 11.3 Å². The predicted molar refractivity (Wildman–Crippen MR) is 59.6 cm³/mol. The van der Waals surface area contributed by atoms with Crippen molar-refractivity contribution in [3.63, 3.8) is 0 Å². The van der Waals surface area contributed by atoms with Gasteiger partial charge in [0, 0.05) is 0 Å². The van der Waals surface area contributed by atoms with E-state index in [0.717, 1.165) is 0 Å². The highest BCUT2D eigenvalue weighted by Crippen LogP contribution is 2.28. The third kappa shape index (κ3) is 2.28. The highest BCUT2D eigenvalue weighted by Gasteiger charge is 2.11. The lowest BCUT2D eigenvalue weighted by Gasteiger charge is -2.01. The van der Waals surface area contributed by atoms with Crippen LogP contribution >= 0.6 is 23.1 Å². The summed E-state index contributed by atoms with van der Waals surface area (Å²) >= 11 is 2.61. The van der Waals surface area contributed by atoms with Crippen LogP contribution in [-0.4, -0.2) is 26.3 Å². The van der Waals surface area contributed by atoms with E-state index in [0.29, 0.717) is 9.37 Å². The van der Waals surface area contributed by atoms with Gasteiger partial charge in [-0.3, -0.25) is 0 Å². The summed E-state index contributed by atoms with van der Waals surface area (Å²) in [6.45, 7) is 0. The molecule has 0 radical (unpaired) electrons. The Morgan fingerprint density at radius 1 is 1.56 bits per heavy atom. The Hall–Kier alpha value is -1.67. The predicted octanol–water partition coefficient (Wildman–Crippen LogP) is 1.36. The first kappa shape index (κ1) is 10.8. The van der Waals surface area contributed by atoms with E-state index in [1.54, 1.807) is 5.51 Å². The summed E-state index contributed by atoms with van der Waals surface area (Å²) in [6.07, 6.45) is 1.33. The second kappa shape index (κ2) is 4.45. The average Bonchev–Trinajstić information content (AvgIpc) is 2.73. The fourth-order valence-corrected chi connectivity index (χ4v) is 2.39. The van der Waals surface area contributed by atoms with Gasteiger partial charge < -0.3 is 10.8 Å². The number of hydrogen-bond acceptors (Lipinski definition) is 7. The minimum Gasteiger partial charge on any atom is -0.478 e. The van der Waals surface area contributed by atoms with Crippen LogP contribution in [0.15, 0.2) is 27.1 Å². The van der Waals surface area contributed by atoms with Crippen LogP contribution in [0.3, 0.4) is 0 Å². The van der Waals surface area contributed by atoms with Crippen LogP contribution in [0.25, 0.3) is 0 Å². The Kier molecular flexibility index (Phi) is 3.02. The zero-order valence-corrected chi connectivity index (χ0v) is 9.46. The number of carboxylic acid groups (broad SMARTS) is 1. The van der Waals surface area contributed by atoms with Crippen LogP contribution < -0.4 is 5.73 Å². The van der Waals surface area contributed by atoms with E-state index in [1.807, 2.05) is 0 Å². The van der Waals surface area contributed by atoms with Gasteiger partial charge >= 0.3 is 5.97 Å². The van der Waals surface area contributed by atoms with Crippen molar-refractivity contribution in [2.45, 2.75) is 9.37 Å². The van der Waals surface area contributed by atoms with Crippen molar-refractivity contribution < 1.29 is 9.90 Å². The first-order chi connectivity index (χ1) is 7.66. The van der Waals surface area contributed by atoms with E-state index < -0.39 is 5.97 Å². The number of nitrogens with zero attached hydrogens (tertiary/aromatic N) is 3. The molecule has 0 atom stereocenters. The van der Waals surface area contributed by atoms with E-state index in [9.17, 15) is 4.79 Å². The summed E-state index contributed by atoms with van der Waals surface area (Å²) in [7, 11) is 0. The molecule has 0 aliphatic heterocycles. The van der Waals surface area contributed by atoms with E-state index in [1.165, 1.54) is 35.4 Å². The maximum absolute atomic E-state index is 10.8. The van der Waals surface area contributed by atoms with Gasteiger partial charge in [0.25, 0.3) is 0 Å². The third-order valence-electron chi connectivity index (χ3n) is 1.67. The van der Waals surface area contributed by atoms with Crippen molar-refractivity contribution in [3.8, 4) is 0 Å². The Bertz CT molecular complexity index is 515. The van der Waals surface area contributed by atoms with Gasteiger partial charge in [-0.25, -0.2) is 9.78 Å². The van der Waals surface area contributed by atoms with Crippen molar-refractivity contribution in [1.82, 2.24) is 15.2 Å². The molecule has 0 saturated carbocycles. The van der Waals surface area contributed by atoms with Crippen LogP contribution in [0.4, 0.5) is 5.69 Å². The molecular weight excluding hydrogens is 248 g/mol. The molecule has 16 heavy (non-hydrogen) atoms. The molecule has 2 rings (SSSR count). The maximum atomic E-state index is 10.8. The Morgan fingerprint density at radius 2 is 2.38 bits per heavy atom. The molecule has 2 aromatic heterocycles. The smallest absolute Gasteiger partial charge is 0.337 e. The van der Waals surface area contributed by atoms with Crippen LogP contribution in [-0.2, 0) is 0 Å². The number of rotatable bonds is 3. The molecule has 0 amide bonds. The van der Waals surface area contributed by atoms with E-state index >= 15 is 0 Å². The highest BCUT2D eigenvalue weighted by atomic mass is 32.2. The fraction of sp³-hybridized carbons (Fsp3) is 0. The van der Waals surface area contributed by atoms with Crippen molar-refractivity contribution in [2.24, 2.45) is 0 Å². The lowest BCUT2D eigenvalue weighted by Crippen LogP contribution is -2.03. The molecule has 0 spiro atoms. The van der Waals surface area contributed by atoms with E-state index in [4.69, 9.17) is 10.8 Å². The number of carboxylic acids is 1. The molecule has 3 N–H and O–H groups in total. The molecule has 0 fully saturated rings. The molecule has 2 aromatic rings. The lowest BCUT2D eigenvalue weighted by molar-refractivity contribution is 0.0697. The number of hydrogen-bond donors (Lipinski definition) is 2. The first-order valence-corrected chi connectivity index (χ1v) is 5.79. The second-order valence-corrected chi connectivity index (χ2v) is 4.82. The Balaban J connectivity index is 2.29. The average molecular weight is 254 g/mol. The standard InChI is InChI=1S/C8H6N4O2S2/c9-5-2-10-6(1-4(5)7(13)14)16-8-12-11-3-15-8/h1-3H,9H2,(H,13,14). The number of carbonyl (C=O) groups is 1.